The van der Waals surface area contributed by atoms with Gasteiger partial charge >= 0.3 is 0 Å². The number of rotatable bonds is 6. The van der Waals surface area contributed by atoms with E-state index in [0.717, 1.165) is 16.5 Å². The first kappa shape index (κ1) is 22.0. The van der Waals surface area contributed by atoms with Gasteiger partial charge in [0.15, 0.2) is 5.78 Å². The monoisotopic (exact) mass is 450 g/mol. The summed E-state index contributed by atoms with van der Waals surface area (Å²) >= 11 is 0. The summed E-state index contributed by atoms with van der Waals surface area (Å²) in [6, 6.07) is 26.6. The number of Topliss-reactive ketones (excluding diaryl/α,β-unsaturated/α-hetero) is 1. The van der Waals surface area contributed by atoms with E-state index in [1.54, 1.807) is 17.2 Å². The number of fused-ring (bicyclic) bond motifs is 1. The van der Waals surface area contributed by atoms with Crippen LogP contribution in [0.15, 0.2) is 91.1 Å². The molecule has 2 heterocycles. The van der Waals surface area contributed by atoms with E-state index in [2.05, 4.69) is 4.98 Å². The third kappa shape index (κ3) is 4.35. The molecule has 5 heteroatoms. The summed E-state index contributed by atoms with van der Waals surface area (Å²) in [5.41, 5.74) is 3.75. The molecule has 34 heavy (non-hydrogen) atoms. The van der Waals surface area contributed by atoms with E-state index in [1.165, 1.54) is 0 Å². The zero-order valence-electron chi connectivity index (χ0n) is 18.8. The lowest BCUT2D eigenvalue weighted by molar-refractivity contribution is 0.0704. The Morgan fingerprint density at radius 1 is 0.882 bits per heavy atom. The van der Waals surface area contributed by atoms with E-state index >= 15 is 0 Å². The highest BCUT2D eigenvalue weighted by Gasteiger charge is 2.35. The van der Waals surface area contributed by atoms with Crippen molar-refractivity contribution in [3.8, 4) is 11.1 Å². The summed E-state index contributed by atoms with van der Waals surface area (Å²) in [5.74, 6) is -0.108. The number of hydrogen-bond acceptors (Lipinski definition) is 4. The minimum absolute atomic E-state index is 0.00257. The fraction of sp³-hybridized carbons (Fsp3) is 0.207. The first-order valence-electron chi connectivity index (χ1n) is 11.6. The summed E-state index contributed by atoms with van der Waals surface area (Å²) in [6.07, 6.45) is 2.36. The Balaban J connectivity index is 1.36. The Bertz CT molecular complexity index is 1330. The summed E-state index contributed by atoms with van der Waals surface area (Å²) in [7, 11) is 0. The summed E-state index contributed by atoms with van der Waals surface area (Å²) in [4.78, 5) is 32.8. The lowest BCUT2D eigenvalue weighted by Crippen LogP contribution is -2.36. The molecule has 170 valence electrons. The van der Waals surface area contributed by atoms with E-state index < -0.39 is 6.10 Å². The minimum Gasteiger partial charge on any atom is -0.391 e. The van der Waals surface area contributed by atoms with Gasteiger partial charge in [-0.15, -0.1) is 0 Å². The predicted molar refractivity (Wildman–Crippen MR) is 133 cm³/mol. The topological polar surface area (TPSA) is 70.5 Å². The smallest absolute Gasteiger partial charge is 0.254 e. The van der Waals surface area contributed by atoms with Crippen LogP contribution < -0.4 is 0 Å². The third-order valence-corrected chi connectivity index (χ3v) is 6.53. The van der Waals surface area contributed by atoms with Crippen LogP contribution >= 0.6 is 0 Å². The van der Waals surface area contributed by atoms with Gasteiger partial charge in [-0.25, -0.2) is 0 Å². The van der Waals surface area contributed by atoms with Crippen LogP contribution in [0.3, 0.4) is 0 Å². The average molecular weight is 451 g/mol. The lowest BCUT2D eigenvalue weighted by atomic mass is 9.97. The van der Waals surface area contributed by atoms with E-state index in [9.17, 15) is 14.7 Å². The molecule has 5 rings (SSSR count). The first-order chi connectivity index (χ1) is 16.6. The van der Waals surface area contributed by atoms with E-state index in [1.807, 2.05) is 78.9 Å². The van der Waals surface area contributed by atoms with Gasteiger partial charge in [0.05, 0.1) is 11.6 Å². The summed E-state index contributed by atoms with van der Waals surface area (Å²) in [6.45, 7) is 0.274. The Labute approximate surface area is 198 Å². The van der Waals surface area contributed by atoms with Crippen molar-refractivity contribution in [1.29, 1.82) is 0 Å². The second-order valence-corrected chi connectivity index (χ2v) is 8.76. The highest BCUT2D eigenvalue weighted by atomic mass is 16.3. The summed E-state index contributed by atoms with van der Waals surface area (Å²) < 4.78 is 0. The second kappa shape index (κ2) is 9.57. The highest BCUT2D eigenvalue weighted by Crippen LogP contribution is 2.30. The van der Waals surface area contributed by atoms with Gasteiger partial charge in [0.25, 0.3) is 5.91 Å². The Morgan fingerprint density at radius 2 is 1.62 bits per heavy atom. The average Bonchev–Trinajstić information content (AvgIpc) is 3.27. The number of para-hydroxylation sites is 1. The maximum Gasteiger partial charge on any atom is 0.254 e. The van der Waals surface area contributed by atoms with Crippen molar-refractivity contribution in [3.63, 3.8) is 0 Å². The van der Waals surface area contributed by atoms with Crippen LogP contribution in [0.4, 0.5) is 0 Å². The fourth-order valence-corrected chi connectivity index (χ4v) is 4.87. The van der Waals surface area contributed by atoms with E-state index in [0.29, 0.717) is 29.5 Å². The van der Waals surface area contributed by atoms with Crippen molar-refractivity contribution in [2.45, 2.75) is 31.4 Å². The lowest BCUT2D eigenvalue weighted by Gasteiger charge is -2.25. The SMILES string of the molecule is O=C(CC[C@@H]1C[C@H](O)CN1C(=O)c1ccccc1-c1ccccc1)c1cccc2cccnc12. The van der Waals surface area contributed by atoms with Crippen LogP contribution in [0.2, 0.25) is 0 Å². The quantitative estimate of drug-likeness (QED) is 0.413. The molecule has 3 aromatic carbocycles. The molecule has 1 saturated heterocycles. The Morgan fingerprint density at radius 3 is 2.47 bits per heavy atom. The fourth-order valence-electron chi connectivity index (χ4n) is 4.87. The van der Waals surface area contributed by atoms with E-state index in [4.69, 9.17) is 0 Å². The number of nitrogens with zero attached hydrogens (tertiary/aromatic N) is 2. The number of aliphatic hydroxyl groups is 1. The minimum atomic E-state index is -0.591. The molecule has 0 saturated carbocycles. The largest absolute Gasteiger partial charge is 0.391 e. The zero-order valence-corrected chi connectivity index (χ0v) is 18.8. The molecule has 0 bridgehead atoms. The van der Waals surface area contributed by atoms with Gasteiger partial charge in [0.1, 0.15) is 0 Å². The van der Waals surface area contributed by atoms with Crippen LogP contribution in [-0.4, -0.2) is 45.4 Å². The van der Waals surface area contributed by atoms with Gasteiger partial charge in [-0.1, -0.05) is 66.7 Å². The van der Waals surface area contributed by atoms with Crippen molar-refractivity contribution < 1.29 is 14.7 Å². The van der Waals surface area contributed by atoms with E-state index in [-0.39, 0.29) is 30.7 Å². The molecule has 1 amide bonds. The standard InChI is InChI=1S/C29H26N2O3/c32-23-18-22(15-16-27(33)26-14-6-10-21-11-7-17-30-28(21)26)31(19-23)29(34)25-13-5-4-12-24(25)20-8-2-1-3-9-20/h1-14,17,22-23,32H,15-16,18-19H2/t22-,23+/m1/s1. The number of aromatic nitrogens is 1. The molecule has 1 fully saturated rings. The summed E-state index contributed by atoms with van der Waals surface area (Å²) in [5, 5.41) is 11.3. The third-order valence-electron chi connectivity index (χ3n) is 6.53. The number of hydrogen-bond donors (Lipinski definition) is 1. The van der Waals surface area contributed by atoms with Gasteiger partial charge < -0.3 is 10.0 Å². The number of ketones is 1. The van der Waals surface area contributed by atoms with Gasteiger partial charge in [0.2, 0.25) is 0 Å². The number of benzene rings is 3. The van der Waals surface area contributed by atoms with Crippen LogP contribution in [0.1, 0.15) is 40.0 Å². The van der Waals surface area contributed by atoms with Gasteiger partial charge in [-0.05, 0) is 42.2 Å². The zero-order chi connectivity index (χ0) is 23.5. The molecule has 1 aromatic heterocycles. The molecule has 0 spiro atoms. The van der Waals surface area contributed by atoms with Crippen molar-refractivity contribution in [2.24, 2.45) is 0 Å². The van der Waals surface area contributed by atoms with Crippen molar-refractivity contribution in [1.82, 2.24) is 9.88 Å². The molecule has 1 aliphatic rings. The van der Waals surface area contributed by atoms with Crippen molar-refractivity contribution in [3.05, 3.63) is 102 Å². The molecular formula is C29H26N2O3. The molecule has 1 aliphatic heterocycles. The number of β-amino-alcohol motifs (C(OH)–C–C–N with tert-alkyl or cyclic N) is 1. The molecule has 5 nitrogen and oxygen atoms in total. The number of carbonyl (C=O) groups excluding carboxylic acids is 2. The highest BCUT2D eigenvalue weighted by molar-refractivity contribution is 6.06. The first-order valence-corrected chi connectivity index (χ1v) is 11.6. The molecule has 0 aliphatic carbocycles. The molecule has 4 aromatic rings. The second-order valence-electron chi connectivity index (χ2n) is 8.76. The molecule has 0 unspecified atom stereocenters. The van der Waals surface area contributed by atoms with Gasteiger partial charge in [-0.2, -0.15) is 0 Å². The molecular weight excluding hydrogens is 424 g/mol. The van der Waals surface area contributed by atoms with Crippen molar-refractivity contribution in [2.75, 3.05) is 6.54 Å². The Hall–Kier alpha value is -3.83. The van der Waals surface area contributed by atoms with Crippen LogP contribution in [0.5, 0.6) is 0 Å². The normalized spacial score (nSPS) is 17.7. The number of carbonyl (C=O) groups is 2. The Kier molecular flexibility index (Phi) is 6.19. The number of pyridine rings is 1. The van der Waals surface area contributed by atoms with Crippen LogP contribution in [-0.2, 0) is 0 Å². The van der Waals surface area contributed by atoms with Crippen LogP contribution in [0, 0.1) is 0 Å². The van der Waals surface area contributed by atoms with Gasteiger partial charge in [-0.3, -0.25) is 14.6 Å². The molecule has 0 radical (unpaired) electrons. The van der Waals surface area contributed by atoms with Crippen molar-refractivity contribution >= 4 is 22.6 Å². The number of aliphatic hydroxyl groups excluding tert-OH is 1. The maximum absolute atomic E-state index is 13.6. The van der Waals surface area contributed by atoms with Gasteiger partial charge in [0, 0.05) is 41.7 Å². The number of likely N-dealkylation sites (tertiary alicyclic amines) is 1. The maximum atomic E-state index is 13.6. The van der Waals surface area contributed by atoms with Crippen LogP contribution in [0.25, 0.3) is 22.0 Å². The predicted octanol–water partition coefficient (Wildman–Crippen LogP) is 5.14. The molecule has 2 atom stereocenters. The molecule has 1 N–H and O–H groups in total. The number of amides is 1.